The van der Waals surface area contributed by atoms with E-state index in [1.807, 2.05) is 30.3 Å². The maximum absolute atomic E-state index is 12.2. The molecule has 1 N–H and O–H groups in total. The highest BCUT2D eigenvalue weighted by Crippen LogP contribution is 2.16. The van der Waals surface area contributed by atoms with E-state index in [4.69, 9.17) is 13.9 Å². The summed E-state index contributed by atoms with van der Waals surface area (Å²) in [5.41, 5.74) is 1.06. The molecule has 0 fully saturated rings. The second-order valence-electron chi connectivity index (χ2n) is 5.43. The first-order valence-electron chi connectivity index (χ1n) is 7.90. The fraction of sp³-hybridized carbons (Fsp3) is 0.100. The van der Waals surface area contributed by atoms with E-state index in [1.54, 1.807) is 31.4 Å². The van der Waals surface area contributed by atoms with Crippen molar-refractivity contribution < 1.29 is 18.7 Å². The summed E-state index contributed by atoms with van der Waals surface area (Å²) in [5, 5.41) is 2.65. The summed E-state index contributed by atoms with van der Waals surface area (Å²) in [7, 11) is 1.56. The molecule has 132 valence electrons. The average molecular weight is 351 g/mol. The van der Waals surface area contributed by atoms with Crippen LogP contribution < -0.4 is 20.2 Å². The minimum atomic E-state index is -0.526. The normalized spacial score (nSPS) is 10.2. The van der Waals surface area contributed by atoms with Crippen LogP contribution in [0.1, 0.15) is 16.1 Å². The largest absolute Gasteiger partial charge is 0.497 e. The molecule has 26 heavy (non-hydrogen) atoms. The van der Waals surface area contributed by atoms with Crippen LogP contribution in [0.3, 0.4) is 0 Å². The molecule has 3 aromatic rings. The van der Waals surface area contributed by atoms with Crippen molar-refractivity contribution in [3.8, 4) is 11.5 Å². The molecule has 0 radical (unpaired) electrons. The van der Waals surface area contributed by atoms with Crippen molar-refractivity contribution in [2.24, 2.45) is 0 Å². The summed E-state index contributed by atoms with van der Waals surface area (Å²) in [4.78, 5) is 24.3. The first-order chi connectivity index (χ1) is 12.7. The summed E-state index contributed by atoms with van der Waals surface area (Å²) in [5.74, 6) is 0.101. The van der Waals surface area contributed by atoms with Gasteiger partial charge in [0.15, 0.2) is 5.76 Å². The molecule has 0 unspecified atom stereocenters. The van der Waals surface area contributed by atoms with Crippen LogP contribution in [0.2, 0.25) is 0 Å². The van der Waals surface area contributed by atoms with Gasteiger partial charge < -0.3 is 19.2 Å². The van der Waals surface area contributed by atoms with Crippen LogP contribution in [-0.4, -0.2) is 13.0 Å². The number of rotatable bonds is 6. The molecular weight excluding hydrogens is 334 g/mol. The van der Waals surface area contributed by atoms with Crippen molar-refractivity contribution in [2.75, 3.05) is 12.4 Å². The Balaban J connectivity index is 1.66. The summed E-state index contributed by atoms with van der Waals surface area (Å²) < 4.78 is 15.8. The number of carbonyl (C=O) groups excluding carboxylic acids is 1. The Hall–Kier alpha value is -3.54. The minimum absolute atomic E-state index is 0.0508. The van der Waals surface area contributed by atoms with E-state index in [2.05, 4.69) is 5.32 Å². The molecule has 3 rings (SSSR count). The van der Waals surface area contributed by atoms with Crippen molar-refractivity contribution in [1.82, 2.24) is 0 Å². The lowest BCUT2D eigenvalue weighted by atomic mass is 10.2. The third-order valence-electron chi connectivity index (χ3n) is 3.61. The van der Waals surface area contributed by atoms with Crippen LogP contribution in [0, 0.1) is 0 Å². The van der Waals surface area contributed by atoms with Gasteiger partial charge in [-0.05, 0) is 29.8 Å². The van der Waals surface area contributed by atoms with E-state index in [0.717, 1.165) is 17.9 Å². The smallest absolute Gasteiger partial charge is 0.291 e. The van der Waals surface area contributed by atoms with Gasteiger partial charge in [-0.3, -0.25) is 9.59 Å². The van der Waals surface area contributed by atoms with Crippen LogP contribution in [0.5, 0.6) is 11.5 Å². The first-order valence-corrected chi connectivity index (χ1v) is 7.90. The lowest BCUT2D eigenvalue weighted by molar-refractivity contribution is 0.0993. The fourth-order valence-electron chi connectivity index (χ4n) is 2.23. The highest BCUT2D eigenvalue weighted by molar-refractivity contribution is 6.02. The average Bonchev–Trinajstić information content (AvgIpc) is 2.68. The van der Waals surface area contributed by atoms with Gasteiger partial charge >= 0.3 is 0 Å². The number of anilines is 1. The Morgan fingerprint density at radius 3 is 2.46 bits per heavy atom. The lowest BCUT2D eigenvalue weighted by Gasteiger charge is -2.07. The zero-order valence-corrected chi connectivity index (χ0v) is 14.1. The molecule has 1 aromatic heterocycles. The van der Waals surface area contributed by atoms with Crippen molar-refractivity contribution in [2.45, 2.75) is 6.61 Å². The molecule has 2 aromatic carbocycles. The summed E-state index contributed by atoms with van der Waals surface area (Å²) >= 11 is 0. The standard InChI is InChI=1S/C20H17NO5/c1-24-16-9-7-15(8-10-16)21-20(23)18-11-17(22)19(13-26-18)25-12-14-5-3-2-4-6-14/h2-11,13H,12H2,1H3,(H,21,23). The second-order valence-corrected chi connectivity index (χ2v) is 5.43. The Kier molecular flexibility index (Phi) is 5.34. The van der Waals surface area contributed by atoms with E-state index < -0.39 is 11.3 Å². The van der Waals surface area contributed by atoms with Gasteiger partial charge in [0.05, 0.1) is 7.11 Å². The first kappa shape index (κ1) is 17.3. The van der Waals surface area contributed by atoms with Crippen molar-refractivity contribution in [3.63, 3.8) is 0 Å². The molecule has 1 amide bonds. The molecule has 6 nitrogen and oxygen atoms in total. The van der Waals surface area contributed by atoms with Crippen LogP contribution >= 0.6 is 0 Å². The molecule has 1 heterocycles. The molecule has 0 aliphatic carbocycles. The van der Waals surface area contributed by atoms with Crippen LogP contribution in [-0.2, 0) is 6.61 Å². The molecule has 6 heteroatoms. The Bertz CT molecular complexity index is 932. The van der Waals surface area contributed by atoms with Gasteiger partial charge in [0.2, 0.25) is 11.2 Å². The van der Waals surface area contributed by atoms with Gasteiger partial charge in [-0.25, -0.2) is 0 Å². The molecule has 0 bridgehead atoms. The monoisotopic (exact) mass is 351 g/mol. The number of carbonyl (C=O) groups is 1. The zero-order valence-electron chi connectivity index (χ0n) is 14.1. The fourth-order valence-corrected chi connectivity index (χ4v) is 2.23. The number of methoxy groups -OCH3 is 1. The Morgan fingerprint density at radius 2 is 1.81 bits per heavy atom. The predicted molar refractivity (Wildman–Crippen MR) is 96.7 cm³/mol. The number of hydrogen-bond acceptors (Lipinski definition) is 5. The SMILES string of the molecule is COc1ccc(NC(=O)c2cc(=O)c(OCc3ccccc3)co2)cc1. The molecule has 0 saturated carbocycles. The van der Waals surface area contributed by atoms with Crippen molar-refractivity contribution in [1.29, 1.82) is 0 Å². The zero-order chi connectivity index (χ0) is 18.4. The number of ether oxygens (including phenoxy) is 2. The summed E-state index contributed by atoms with van der Waals surface area (Å²) in [6, 6.07) is 17.3. The van der Waals surface area contributed by atoms with Crippen molar-refractivity contribution in [3.05, 3.63) is 88.5 Å². The van der Waals surface area contributed by atoms with E-state index in [-0.39, 0.29) is 18.1 Å². The van der Waals surface area contributed by atoms with Crippen LogP contribution in [0.4, 0.5) is 5.69 Å². The maximum atomic E-state index is 12.2. The number of nitrogens with one attached hydrogen (secondary N) is 1. The van der Waals surface area contributed by atoms with Gasteiger partial charge in [0.1, 0.15) is 18.6 Å². The van der Waals surface area contributed by atoms with E-state index in [0.29, 0.717) is 11.4 Å². The maximum Gasteiger partial charge on any atom is 0.291 e. The van der Waals surface area contributed by atoms with Crippen LogP contribution in [0.15, 0.2) is 76.1 Å². The van der Waals surface area contributed by atoms with Gasteiger partial charge in [0, 0.05) is 11.8 Å². The number of benzene rings is 2. The third-order valence-corrected chi connectivity index (χ3v) is 3.61. The Labute approximate surface area is 150 Å². The molecule has 0 aliphatic rings. The molecule has 0 atom stereocenters. The predicted octanol–water partition coefficient (Wildman–Crippen LogP) is 3.48. The number of amides is 1. The van der Waals surface area contributed by atoms with Crippen molar-refractivity contribution >= 4 is 11.6 Å². The van der Waals surface area contributed by atoms with E-state index in [1.165, 1.54) is 0 Å². The molecule has 0 aliphatic heterocycles. The molecule has 0 saturated heterocycles. The van der Waals surface area contributed by atoms with Crippen LogP contribution in [0.25, 0.3) is 0 Å². The summed E-state index contributed by atoms with van der Waals surface area (Å²) in [6.45, 7) is 0.239. The second kappa shape index (κ2) is 8.02. The summed E-state index contributed by atoms with van der Waals surface area (Å²) in [6.07, 6.45) is 1.15. The highest BCUT2D eigenvalue weighted by atomic mass is 16.5. The topological polar surface area (TPSA) is 77.8 Å². The Morgan fingerprint density at radius 1 is 1.08 bits per heavy atom. The third kappa shape index (κ3) is 4.30. The lowest BCUT2D eigenvalue weighted by Crippen LogP contribution is -2.15. The quantitative estimate of drug-likeness (QED) is 0.736. The van der Waals surface area contributed by atoms with E-state index >= 15 is 0 Å². The van der Waals surface area contributed by atoms with Gasteiger partial charge in [-0.15, -0.1) is 0 Å². The number of hydrogen-bond donors (Lipinski definition) is 1. The van der Waals surface area contributed by atoms with Gasteiger partial charge in [0.25, 0.3) is 5.91 Å². The minimum Gasteiger partial charge on any atom is -0.497 e. The van der Waals surface area contributed by atoms with Gasteiger partial charge in [-0.1, -0.05) is 30.3 Å². The highest BCUT2D eigenvalue weighted by Gasteiger charge is 2.12. The van der Waals surface area contributed by atoms with Gasteiger partial charge in [-0.2, -0.15) is 0 Å². The molecular formula is C20H17NO5. The molecule has 0 spiro atoms. The van der Waals surface area contributed by atoms with E-state index in [9.17, 15) is 9.59 Å².